The van der Waals surface area contributed by atoms with Gasteiger partial charge in [0.05, 0.1) is 10.6 Å². The third-order valence-electron chi connectivity index (χ3n) is 2.82. The molecule has 0 aliphatic carbocycles. The summed E-state index contributed by atoms with van der Waals surface area (Å²) < 4.78 is 24.5. The summed E-state index contributed by atoms with van der Waals surface area (Å²) >= 11 is 1.00. The number of sulfone groups is 1. The average molecular weight is 338 g/mol. The summed E-state index contributed by atoms with van der Waals surface area (Å²) in [4.78, 5) is 15.1. The van der Waals surface area contributed by atoms with Crippen molar-refractivity contribution < 1.29 is 18.3 Å². The van der Waals surface area contributed by atoms with Crippen LogP contribution in [0.5, 0.6) is 0 Å². The second-order valence-electron chi connectivity index (χ2n) is 4.62. The molecule has 1 aromatic heterocycles. The number of carboxylic acid groups (broad SMARTS) is 1. The summed E-state index contributed by atoms with van der Waals surface area (Å²) in [6.07, 6.45) is 0. The van der Waals surface area contributed by atoms with Gasteiger partial charge in [0, 0.05) is 0 Å². The number of carboxylic acids is 1. The van der Waals surface area contributed by atoms with E-state index in [1.807, 2.05) is 6.92 Å². The van der Waals surface area contributed by atoms with Crippen LogP contribution < -0.4 is 5.73 Å². The molecule has 3 N–H and O–H groups in total. The van der Waals surface area contributed by atoms with Crippen molar-refractivity contribution in [2.75, 3.05) is 5.75 Å². The van der Waals surface area contributed by atoms with E-state index in [2.05, 4.69) is 4.99 Å². The van der Waals surface area contributed by atoms with Crippen molar-refractivity contribution >= 4 is 38.7 Å². The molecule has 1 heterocycles. The average Bonchev–Trinajstić information content (AvgIpc) is 2.86. The van der Waals surface area contributed by atoms with Gasteiger partial charge < -0.3 is 10.8 Å². The van der Waals surface area contributed by atoms with Crippen LogP contribution in [0.25, 0.3) is 0 Å². The molecular formula is C14H14N2O4S2. The van der Waals surface area contributed by atoms with Crippen LogP contribution >= 0.6 is 11.3 Å². The van der Waals surface area contributed by atoms with Gasteiger partial charge in [0.1, 0.15) is 16.5 Å². The first kappa shape index (κ1) is 16.2. The van der Waals surface area contributed by atoms with E-state index in [0.717, 1.165) is 16.9 Å². The molecule has 0 unspecified atom stereocenters. The van der Waals surface area contributed by atoms with Crippen LogP contribution in [0.4, 0.5) is 5.69 Å². The second-order valence-corrected chi connectivity index (χ2v) is 7.52. The maximum atomic E-state index is 12.2. The molecule has 1 aromatic carbocycles. The Morgan fingerprint density at radius 3 is 2.50 bits per heavy atom. The minimum absolute atomic E-state index is 0.0238. The fourth-order valence-electron chi connectivity index (χ4n) is 1.76. The molecule has 22 heavy (non-hydrogen) atoms. The van der Waals surface area contributed by atoms with Gasteiger partial charge >= 0.3 is 5.97 Å². The lowest BCUT2D eigenvalue weighted by atomic mass is 10.2. The number of rotatable bonds is 5. The molecule has 0 radical (unpaired) electrons. The smallest absolute Gasteiger partial charge is 0.348 e. The Kier molecular flexibility index (Phi) is 4.62. The summed E-state index contributed by atoms with van der Waals surface area (Å²) in [6, 6.07) is 7.89. The van der Waals surface area contributed by atoms with Gasteiger partial charge in [0.25, 0.3) is 0 Å². The lowest BCUT2D eigenvalue weighted by Crippen LogP contribution is -2.23. The molecule has 2 aromatic rings. The van der Waals surface area contributed by atoms with Crippen molar-refractivity contribution in [2.24, 2.45) is 10.7 Å². The van der Waals surface area contributed by atoms with E-state index in [4.69, 9.17) is 10.8 Å². The van der Waals surface area contributed by atoms with E-state index in [1.165, 1.54) is 18.2 Å². The van der Waals surface area contributed by atoms with Gasteiger partial charge in [-0.05, 0) is 30.5 Å². The third-order valence-corrected chi connectivity index (χ3v) is 5.38. The topological polar surface area (TPSA) is 110 Å². The highest BCUT2D eigenvalue weighted by molar-refractivity contribution is 7.92. The predicted octanol–water partition coefficient (Wildman–Crippen LogP) is 2.22. The minimum Gasteiger partial charge on any atom is -0.477 e. The molecule has 0 atom stereocenters. The fraction of sp³-hybridized carbons (Fsp3) is 0.143. The van der Waals surface area contributed by atoms with Crippen molar-refractivity contribution in [3.63, 3.8) is 0 Å². The molecule has 0 aliphatic heterocycles. The number of carbonyl (C=O) groups is 1. The van der Waals surface area contributed by atoms with Crippen LogP contribution in [0, 0.1) is 6.92 Å². The maximum absolute atomic E-state index is 12.2. The molecule has 0 fully saturated rings. The van der Waals surface area contributed by atoms with E-state index >= 15 is 0 Å². The number of nitrogens with zero attached hydrogens (tertiary/aromatic N) is 1. The number of thiophene rings is 1. The molecule has 2 rings (SSSR count). The molecule has 0 amide bonds. The van der Waals surface area contributed by atoms with E-state index in [1.54, 1.807) is 17.5 Å². The first-order valence-corrected chi connectivity index (χ1v) is 8.76. The fourth-order valence-corrected chi connectivity index (χ4v) is 3.60. The lowest BCUT2D eigenvalue weighted by Gasteiger charge is -2.05. The standard InChI is InChI=1S/C14H14N2O4S2/c1-9-2-4-10(5-3-9)22(19,20)8-12(15)16-11-6-7-21-13(11)14(17)18/h2-7H,8H2,1H3,(H2,15,16)(H,17,18). The van der Waals surface area contributed by atoms with Crippen molar-refractivity contribution in [2.45, 2.75) is 11.8 Å². The normalized spacial score (nSPS) is 12.3. The van der Waals surface area contributed by atoms with Gasteiger partial charge in [-0.25, -0.2) is 18.2 Å². The van der Waals surface area contributed by atoms with Crippen molar-refractivity contribution in [1.29, 1.82) is 0 Å². The van der Waals surface area contributed by atoms with Gasteiger partial charge in [-0.15, -0.1) is 11.3 Å². The zero-order valence-corrected chi connectivity index (χ0v) is 13.3. The number of nitrogens with two attached hydrogens (primary N) is 1. The van der Waals surface area contributed by atoms with Crippen molar-refractivity contribution in [3.05, 3.63) is 46.2 Å². The molecule has 0 aliphatic rings. The largest absolute Gasteiger partial charge is 0.477 e. The van der Waals surface area contributed by atoms with Gasteiger partial charge in [0.15, 0.2) is 9.84 Å². The Balaban J connectivity index is 2.25. The Labute approximate surface area is 131 Å². The first-order chi connectivity index (χ1) is 10.3. The van der Waals surface area contributed by atoms with Gasteiger partial charge in [-0.1, -0.05) is 17.7 Å². The van der Waals surface area contributed by atoms with E-state index in [0.29, 0.717) is 0 Å². The third kappa shape index (κ3) is 3.71. The SMILES string of the molecule is Cc1ccc(S(=O)(=O)CC(N)=Nc2ccsc2C(=O)O)cc1. The molecule has 0 saturated carbocycles. The second kappa shape index (κ2) is 6.29. The van der Waals surface area contributed by atoms with Crippen LogP contribution in [0.1, 0.15) is 15.2 Å². The molecule has 0 spiro atoms. The Hall–Kier alpha value is -2.19. The summed E-state index contributed by atoms with van der Waals surface area (Å²) in [7, 11) is -3.61. The maximum Gasteiger partial charge on any atom is 0.348 e. The number of aryl methyl sites for hydroxylation is 1. The number of aromatic carboxylic acids is 1. The minimum atomic E-state index is -3.61. The number of amidine groups is 1. The highest BCUT2D eigenvalue weighted by Crippen LogP contribution is 2.25. The van der Waals surface area contributed by atoms with Crippen LogP contribution in [0.15, 0.2) is 45.6 Å². The van der Waals surface area contributed by atoms with Crippen molar-refractivity contribution in [1.82, 2.24) is 0 Å². The highest BCUT2D eigenvalue weighted by atomic mass is 32.2. The van der Waals surface area contributed by atoms with Crippen molar-refractivity contribution in [3.8, 4) is 0 Å². The number of benzene rings is 1. The lowest BCUT2D eigenvalue weighted by molar-refractivity contribution is 0.0703. The van der Waals surface area contributed by atoms with E-state index in [9.17, 15) is 13.2 Å². The predicted molar refractivity (Wildman–Crippen MR) is 85.8 cm³/mol. The van der Waals surface area contributed by atoms with Crippen LogP contribution in [-0.2, 0) is 9.84 Å². The summed E-state index contributed by atoms with van der Waals surface area (Å²) in [5, 5.41) is 10.5. The van der Waals surface area contributed by atoms with Crippen LogP contribution in [0.2, 0.25) is 0 Å². The molecule has 6 nitrogen and oxygen atoms in total. The number of hydrogen-bond donors (Lipinski definition) is 2. The Morgan fingerprint density at radius 1 is 1.27 bits per heavy atom. The van der Waals surface area contributed by atoms with Gasteiger partial charge in [-0.3, -0.25) is 0 Å². The molecule has 0 bridgehead atoms. The number of hydrogen-bond acceptors (Lipinski definition) is 5. The zero-order valence-electron chi connectivity index (χ0n) is 11.7. The van der Waals surface area contributed by atoms with Gasteiger partial charge in [-0.2, -0.15) is 0 Å². The van der Waals surface area contributed by atoms with E-state index < -0.39 is 21.6 Å². The molecular weight excluding hydrogens is 324 g/mol. The highest BCUT2D eigenvalue weighted by Gasteiger charge is 2.17. The quantitative estimate of drug-likeness (QED) is 0.641. The number of aliphatic imine (C=N–C) groups is 1. The van der Waals surface area contributed by atoms with E-state index in [-0.39, 0.29) is 21.3 Å². The molecule has 0 saturated heterocycles. The first-order valence-electron chi connectivity index (χ1n) is 6.23. The van der Waals surface area contributed by atoms with Crippen LogP contribution in [0.3, 0.4) is 0 Å². The summed E-state index contributed by atoms with van der Waals surface area (Å²) in [5.74, 6) is -1.74. The Morgan fingerprint density at radius 2 is 1.91 bits per heavy atom. The Bertz CT molecular complexity index is 821. The van der Waals surface area contributed by atoms with Gasteiger partial charge in [0.2, 0.25) is 0 Å². The summed E-state index contributed by atoms with van der Waals surface area (Å²) in [6.45, 7) is 1.86. The molecule has 116 valence electrons. The monoisotopic (exact) mass is 338 g/mol. The van der Waals surface area contributed by atoms with Crippen LogP contribution in [-0.4, -0.2) is 31.1 Å². The zero-order chi connectivity index (χ0) is 16.3. The molecule has 8 heteroatoms. The summed E-state index contributed by atoms with van der Waals surface area (Å²) in [5.41, 5.74) is 6.78.